The first-order valence-electron chi connectivity index (χ1n) is 5.97. The van der Waals surface area contributed by atoms with Gasteiger partial charge in [0.15, 0.2) is 0 Å². The van der Waals surface area contributed by atoms with E-state index in [1.807, 2.05) is 0 Å². The molecule has 1 aromatic carbocycles. The van der Waals surface area contributed by atoms with Gasteiger partial charge in [-0.15, -0.1) is 0 Å². The van der Waals surface area contributed by atoms with Gasteiger partial charge in [-0.05, 0) is 47.4 Å². The molecule has 1 nitrogen and oxygen atoms in total. The molecule has 1 heteroatoms. The second-order valence-corrected chi connectivity index (χ2v) is 5.11. The maximum atomic E-state index is 5.84. The first kappa shape index (κ1) is 10.7. The molecule has 1 aliphatic rings. The molecule has 2 rings (SSSR count). The van der Waals surface area contributed by atoms with Crippen molar-refractivity contribution in [3.05, 3.63) is 34.9 Å². The number of hydrogen-bond donors (Lipinski definition) is 1. The summed E-state index contributed by atoms with van der Waals surface area (Å²) in [5, 5.41) is 0. The van der Waals surface area contributed by atoms with Crippen LogP contribution in [0.25, 0.3) is 0 Å². The number of rotatable bonds is 2. The molecule has 82 valence electrons. The van der Waals surface area contributed by atoms with Gasteiger partial charge in [0.1, 0.15) is 0 Å². The van der Waals surface area contributed by atoms with E-state index in [1.165, 1.54) is 23.1 Å². The summed E-state index contributed by atoms with van der Waals surface area (Å²) >= 11 is 0. The third-order valence-corrected chi connectivity index (χ3v) is 3.67. The van der Waals surface area contributed by atoms with E-state index in [-0.39, 0.29) is 0 Å². The Morgan fingerprint density at radius 1 is 1.33 bits per heavy atom. The zero-order chi connectivity index (χ0) is 11.0. The van der Waals surface area contributed by atoms with Crippen LogP contribution in [0, 0.1) is 0 Å². The molecule has 0 aromatic heterocycles. The van der Waals surface area contributed by atoms with Gasteiger partial charge in [-0.25, -0.2) is 0 Å². The zero-order valence-electron chi connectivity index (χ0n) is 9.96. The van der Waals surface area contributed by atoms with Gasteiger partial charge < -0.3 is 5.73 Å². The van der Waals surface area contributed by atoms with Gasteiger partial charge in [-0.3, -0.25) is 0 Å². The average Bonchev–Trinajstić information content (AvgIpc) is 2.55. The van der Waals surface area contributed by atoms with E-state index in [1.54, 1.807) is 0 Å². The second-order valence-electron chi connectivity index (χ2n) is 5.11. The normalized spacial score (nSPS) is 24.6. The first-order valence-corrected chi connectivity index (χ1v) is 5.97. The molecule has 0 amide bonds. The van der Waals surface area contributed by atoms with Crippen LogP contribution in [0.4, 0.5) is 0 Å². The van der Waals surface area contributed by atoms with Crippen LogP contribution >= 0.6 is 0 Å². The van der Waals surface area contributed by atoms with Crippen molar-refractivity contribution >= 4 is 0 Å². The predicted molar refractivity (Wildman–Crippen MR) is 65.4 cm³/mol. The minimum Gasteiger partial charge on any atom is -0.330 e. The van der Waals surface area contributed by atoms with Gasteiger partial charge in [0.25, 0.3) is 0 Å². The fourth-order valence-corrected chi connectivity index (χ4v) is 2.66. The molecule has 0 radical (unpaired) electrons. The summed E-state index contributed by atoms with van der Waals surface area (Å²) < 4.78 is 0. The van der Waals surface area contributed by atoms with Crippen LogP contribution < -0.4 is 5.73 Å². The summed E-state index contributed by atoms with van der Waals surface area (Å²) in [4.78, 5) is 0. The van der Waals surface area contributed by atoms with Crippen molar-refractivity contribution in [3.8, 4) is 0 Å². The Hall–Kier alpha value is -0.820. The van der Waals surface area contributed by atoms with Crippen LogP contribution in [0.5, 0.6) is 0 Å². The monoisotopic (exact) mass is 203 g/mol. The summed E-state index contributed by atoms with van der Waals surface area (Å²) in [6, 6.07) is 6.96. The van der Waals surface area contributed by atoms with Crippen molar-refractivity contribution < 1.29 is 0 Å². The number of hydrogen-bond acceptors (Lipinski definition) is 1. The number of benzene rings is 1. The van der Waals surface area contributed by atoms with Crippen molar-refractivity contribution in [2.45, 2.75) is 44.9 Å². The standard InChI is InChI=1S/C14H21N/c1-9(2)11-4-5-13-10(3)6-12(8-15)14(13)7-11/h4-5,7,9-10,12H,6,8,15H2,1-3H3. The minimum atomic E-state index is 0.591. The molecule has 0 bridgehead atoms. The molecule has 0 saturated carbocycles. The van der Waals surface area contributed by atoms with Gasteiger partial charge >= 0.3 is 0 Å². The van der Waals surface area contributed by atoms with Gasteiger partial charge in [0, 0.05) is 0 Å². The Bertz CT molecular complexity index is 354. The lowest BCUT2D eigenvalue weighted by molar-refractivity contribution is 0.626. The molecule has 0 spiro atoms. The van der Waals surface area contributed by atoms with E-state index >= 15 is 0 Å². The predicted octanol–water partition coefficient (Wildman–Crippen LogP) is 3.36. The van der Waals surface area contributed by atoms with Crippen LogP contribution in [-0.4, -0.2) is 6.54 Å². The van der Waals surface area contributed by atoms with E-state index in [9.17, 15) is 0 Å². The minimum absolute atomic E-state index is 0.591. The Morgan fingerprint density at radius 2 is 2.07 bits per heavy atom. The molecule has 1 aromatic rings. The van der Waals surface area contributed by atoms with Gasteiger partial charge in [-0.1, -0.05) is 39.0 Å². The highest BCUT2D eigenvalue weighted by atomic mass is 14.6. The molecule has 0 saturated heterocycles. The van der Waals surface area contributed by atoms with Crippen LogP contribution in [0.1, 0.15) is 61.6 Å². The number of nitrogens with two attached hydrogens (primary N) is 1. The lowest BCUT2D eigenvalue weighted by Crippen LogP contribution is -2.09. The molecule has 2 atom stereocenters. The van der Waals surface area contributed by atoms with Crippen LogP contribution in [-0.2, 0) is 0 Å². The SMILES string of the molecule is CC(C)c1ccc2c(c1)C(CN)CC2C. The van der Waals surface area contributed by atoms with E-state index < -0.39 is 0 Å². The second kappa shape index (κ2) is 3.97. The average molecular weight is 203 g/mol. The van der Waals surface area contributed by atoms with Crippen molar-refractivity contribution in [2.24, 2.45) is 5.73 Å². The molecule has 2 N–H and O–H groups in total. The summed E-state index contributed by atoms with van der Waals surface area (Å²) in [5.41, 5.74) is 10.3. The van der Waals surface area contributed by atoms with Gasteiger partial charge in [0.05, 0.1) is 0 Å². The Kier molecular flexibility index (Phi) is 2.83. The van der Waals surface area contributed by atoms with Crippen molar-refractivity contribution in [2.75, 3.05) is 6.54 Å². The highest BCUT2D eigenvalue weighted by Gasteiger charge is 2.27. The summed E-state index contributed by atoms with van der Waals surface area (Å²) in [7, 11) is 0. The first-order chi connectivity index (χ1) is 7.13. The third-order valence-electron chi connectivity index (χ3n) is 3.67. The van der Waals surface area contributed by atoms with Gasteiger partial charge in [-0.2, -0.15) is 0 Å². The highest BCUT2D eigenvalue weighted by molar-refractivity contribution is 5.42. The maximum absolute atomic E-state index is 5.84. The van der Waals surface area contributed by atoms with Gasteiger partial charge in [0.2, 0.25) is 0 Å². The Morgan fingerprint density at radius 3 is 2.67 bits per heavy atom. The molecule has 15 heavy (non-hydrogen) atoms. The van der Waals surface area contributed by atoms with Crippen molar-refractivity contribution in [1.29, 1.82) is 0 Å². The molecule has 0 heterocycles. The summed E-state index contributed by atoms with van der Waals surface area (Å²) in [6.45, 7) is 7.59. The quantitative estimate of drug-likeness (QED) is 0.783. The highest BCUT2D eigenvalue weighted by Crippen LogP contribution is 2.41. The lowest BCUT2D eigenvalue weighted by Gasteiger charge is -2.12. The molecule has 0 aliphatic heterocycles. The fraction of sp³-hybridized carbons (Fsp3) is 0.571. The van der Waals surface area contributed by atoms with Crippen LogP contribution in [0.15, 0.2) is 18.2 Å². The lowest BCUT2D eigenvalue weighted by atomic mass is 9.94. The maximum Gasteiger partial charge on any atom is -0.000791 e. The van der Waals surface area contributed by atoms with Crippen molar-refractivity contribution in [1.82, 2.24) is 0 Å². The topological polar surface area (TPSA) is 26.0 Å². The van der Waals surface area contributed by atoms with Crippen molar-refractivity contribution in [3.63, 3.8) is 0 Å². The van der Waals surface area contributed by atoms with E-state index in [0.29, 0.717) is 17.8 Å². The molecule has 2 unspecified atom stereocenters. The Labute approximate surface area is 92.7 Å². The fourth-order valence-electron chi connectivity index (χ4n) is 2.66. The van der Waals surface area contributed by atoms with E-state index in [2.05, 4.69) is 39.0 Å². The van der Waals surface area contributed by atoms with E-state index in [4.69, 9.17) is 5.73 Å². The van der Waals surface area contributed by atoms with Crippen LogP contribution in [0.3, 0.4) is 0 Å². The smallest absolute Gasteiger partial charge is 0.000791 e. The molecule has 1 aliphatic carbocycles. The molecular formula is C14H21N. The summed E-state index contributed by atoms with van der Waals surface area (Å²) in [5.74, 6) is 1.90. The largest absolute Gasteiger partial charge is 0.330 e. The Balaban J connectivity index is 2.42. The zero-order valence-corrected chi connectivity index (χ0v) is 9.96. The summed E-state index contributed by atoms with van der Waals surface area (Å²) in [6.07, 6.45) is 1.23. The van der Waals surface area contributed by atoms with E-state index in [0.717, 1.165) is 6.54 Å². The number of fused-ring (bicyclic) bond motifs is 1. The molecule has 0 fully saturated rings. The van der Waals surface area contributed by atoms with Crippen LogP contribution in [0.2, 0.25) is 0 Å². The molecular weight excluding hydrogens is 182 g/mol. The third kappa shape index (κ3) is 1.81.